The minimum atomic E-state index is -1.04. The second-order valence-electron chi connectivity index (χ2n) is 6.55. The monoisotopic (exact) mass is 369 g/mol. The lowest BCUT2D eigenvalue weighted by atomic mass is 10.1. The molecule has 1 aromatic carbocycles. The molecule has 0 amide bonds. The van der Waals surface area contributed by atoms with Gasteiger partial charge in [-0.05, 0) is 24.6 Å². The van der Waals surface area contributed by atoms with Gasteiger partial charge in [-0.2, -0.15) is 5.26 Å². The van der Waals surface area contributed by atoms with Crippen LogP contribution < -0.4 is 10.6 Å². The first-order valence-electron chi connectivity index (χ1n) is 8.56. The fourth-order valence-electron chi connectivity index (χ4n) is 3.28. The van der Waals surface area contributed by atoms with Gasteiger partial charge in [0.1, 0.15) is 12.0 Å². The summed E-state index contributed by atoms with van der Waals surface area (Å²) in [5, 5.41) is 9.14. The number of imidazole rings is 1. The molecule has 2 aromatic heterocycles. The molecule has 2 atom stereocenters. The maximum Gasteiger partial charge on any atom is 0.207 e. The van der Waals surface area contributed by atoms with Crippen molar-refractivity contribution in [1.29, 1.82) is 5.26 Å². The van der Waals surface area contributed by atoms with E-state index in [2.05, 4.69) is 21.0 Å². The molecule has 27 heavy (non-hydrogen) atoms. The Hall–Kier alpha value is -3.12. The van der Waals surface area contributed by atoms with E-state index in [1.165, 1.54) is 0 Å². The zero-order valence-electron chi connectivity index (χ0n) is 14.4. The summed E-state index contributed by atoms with van der Waals surface area (Å²) in [6, 6.07) is 6.71. The van der Waals surface area contributed by atoms with Crippen molar-refractivity contribution in [2.75, 3.05) is 18.0 Å². The Morgan fingerprint density at radius 1 is 1.30 bits per heavy atom. The minimum absolute atomic E-state index is 0.267. The average molecular weight is 369 g/mol. The molecule has 0 aliphatic carbocycles. The number of nitrogens with two attached hydrogens (primary N) is 1. The molecule has 2 N–H and O–H groups in total. The molecular weight excluding hydrogens is 352 g/mol. The number of rotatable bonds is 3. The molecule has 0 radical (unpaired) electrons. The van der Waals surface area contributed by atoms with Crippen molar-refractivity contribution in [3.05, 3.63) is 47.8 Å². The summed E-state index contributed by atoms with van der Waals surface area (Å²) in [7, 11) is 0. The van der Waals surface area contributed by atoms with Crippen molar-refractivity contribution in [3.8, 4) is 6.07 Å². The number of anilines is 1. The summed E-state index contributed by atoms with van der Waals surface area (Å²) in [6.45, 7) is 1.08. The van der Waals surface area contributed by atoms with Crippen molar-refractivity contribution in [3.63, 3.8) is 0 Å². The Morgan fingerprint density at radius 2 is 2.07 bits per heavy atom. The average Bonchev–Trinajstić information content (AvgIpc) is 3.03. The van der Waals surface area contributed by atoms with E-state index in [0.717, 1.165) is 17.9 Å². The molecule has 1 aliphatic heterocycles. The molecule has 0 unspecified atom stereocenters. The highest BCUT2D eigenvalue weighted by Gasteiger charge is 2.29. The van der Waals surface area contributed by atoms with Crippen molar-refractivity contribution in [2.45, 2.75) is 25.2 Å². The van der Waals surface area contributed by atoms with Crippen molar-refractivity contribution >= 4 is 17.0 Å². The molecule has 1 saturated heterocycles. The Kier molecular flexibility index (Phi) is 4.41. The molecule has 4 rings (SSSR count). The first kappa shape index (κ1) is 17.3. The van der Waals surface area contributed by atoms with Crippen LogP contribution in [0.1, 0.15) is 17.8 Å². The maximum absolute atomic E-state index is 13.8. The van der Waals surface area contributed by atoms with Gasteiger partial charge in [-0.15, -0.1) is 0 Å². The van der Waals surface area contributed by atoms with E-state index in [0.29, 0.717) is 42.4 Å². The smallest absolute Gasteiger partial charge is 0.207 e. The summed E-state index contributed by atoms with van der Waals surface area (Å²) in [5.41, 5.74) is 7.82. The minimum Gasteiger partial charge on any atom is -0.340 e. The molecule has 0 saturated carbocycles. The van der Waals surface area contributed by atoms with Crippen molar-refractivity contribution in [2.24, 2.45) is 5.73 Å². The molecular formula is C18H17F2N7. The van der Waals surface area contributed by atoms with Gasteiger partial charge in [0.2, 0.25) is 5.95 Å². The Balaban J connectivity index is 1.78. The van der Waals surface area contributed by atoms with Gasteiger partial charge in [-0.1, -0.05) is 0 Å². The zero-order valence-corrected chi connectivity index (χ0v) is 14.4. The standard InChI is InChI=1S/C18H17F2N7/c19-12-7-23-17(24-8-12)10-27-16-2-1-11(6-21)5-15(16)25-18(27)26-4-3-13(20)14(22)9-26/h1-2,5,7-8,13-14H,3-4,9-10,22H2/t13-,14-/m1/s1. The summed E-state index contributed by atoms with van der Waals surface area (Å²) in [6.07, 6.45) is 1.50. The van der Waals surface area contributed by atoms with Crippen LogP contribution >= 0.6 is 0 Å². The van der Waals surface area contributed by atoms with E-state index >= 15 is 0 Å². The number of fused-ring (bicyclic) bond motifs is 1. The fraction of sp³-hybridized carbons (Fsp3) is 0.333. The lowest BCUT2D eigenvalue weighted by molar-refractivity contribution is 0.243. The van der Waals surface area contributed by atoms with Crippen LogP contribution in [0, 0.1) is 17.1 Å². The third-order valence-electron chi connectivity index (χ3n) is 4.68. The summed E-state index contributed by atoms with van der Waals surface area (Å²) >= 11 is 0. The zero-order chi connectivity index (χ0) is 19.0. The summed E-state index contributed by atoms with van der Waals surface area (Å²) < 4.78 is 28.8. The number of benzene rings is 1. The van der Waals surface area contributed by atoms with E-state index in [4.69, 9.17) is 11.0 Å². The molecule has 1 fully saturated rings. The molecule has 7 nitrogen and oxygen atoms in total. The highest BCUT2D eigenvalue weighted by atomic mass is 19.1. The third-order valence-corrected chi connectivity index (χ3v) is 4.68. The van der Waals surface area contributed by atoms with Gasteiger partial charge in [0.15, 0.2) is 5.82 Å². The Bertz CT molecular complexity index is 1010. The van der Waals surface area contributed by atoms with Crippen LogP contribution in [0.2, 0.25) is 0 Å². The van der Waals surface area contributed by atoms with E-state index in [9.17, 15) is 8.78 Å². The van der Waals surface area contributed by atoms with Crippen molar-refractivity contribution in [1.82, 2.24) is 19.5 Å². The van der Waals surface area contributed by atoms with E-state index in [1.807, 2.05) is 9.47 Å². The molecule has 138 valence electrons. The van der Waals surface area contributed by atoms with Gasteiger partial charge in [0.05, 0.1) is 47.6 Å². The molecule has 3 aromatic rings. The molecule has 0 bridgehead atoms. The van der Waals surface area contributed by atoms with Crippen LogP contribution in [-0.4, -0.2) is 44.8 Å². The first-order valence-corrected chi connectivity index (χ1v) is 8.56. The van der Waals surface area contributed by atoms with Gasteiger partial charge in [-0.25, -0.2) is 23.7 Å². The van der Waals surface area contributed by atoms with E-state index in [1.54, 1.807) is 18.2 Å². The second kappa shape index (κ2) is 6.89. The number of hydrogen-bond donors (Lipinski definition) is 1. The molecule has 9 heteroatoms. The largest absolute Gasteiger partial charge is 0.340 e. The highest BCUT2D eigenvalue weighted by molar-refractivity contribution is 5.80. The van der Waals surface area contributed by atoms with Crippen LogP contribution in [0.25, 0.3) is 11.0 Å². The predicted octanol–water partition coefficient (Wildman–Crippen LogP) is 1.76. The number of piperidine rings is 1. The molecule has 0 spiro atoms. The summed E-state index contributed by atoms with van der Waals surface area (Å²) in [5.74, 6) is 0.519. The van der Waals surface area contributed by atoms with Crippen LogP contribution in [0.4, 0.5) is 14.7 Å². The Labute approximate surface area is 154 Å². The van der Waals surface area contributed by atoms with E-state index in [-0.39, 0.29) is 6.54 Å². The van der Waals surface area contributed by atoms with Crippen LogP contribution in [0.5, 0.6) is 0 Å². The van der Waals surface area contributed by atoms with E-state index < -0.39 is 18.0 Å². The van der Waals surface area contributed by atoms with Gasteiger partial charge >= 0.3 is 0 Å². The van der Waals surface area contributed by atoms with Crippen LogP contribution in [0.15, 0.2) is 30.6 Å². The van der Waals surface area contributed by atoms with Gasteiger partial charge in [0.25, 0.3) is 0 Å². The lowest BCUT2D eigenvalue weighted by Crippen LogP contribution is -2.50. The quantitative estimate of drug-likeness (QED) is 0.756. The number of aromatic nitrogens is 4. The van der Waals surface area contributed by atoms with Gasteiger partial charge in [0, 0.05) is 13.1 Å². The topological polar surface area (TPSA) is 96.7 Å². The number of alkyl halides is 1. The third kappa shape index (κ3) is 3.31. The number of nitriles is 1. The van der Waals surface area contributed by atoms with Crippen LogP contribution in [-0.2, 0) is 6.54 Å². The molecule has 3 heterocycles. The first-order chi connectivity index (χ1) is 13.0. The van der Waals surface area contributed by atoms with Gasteiger partial charge < -0.3 is 15.2 Å². The van der Waals surface area contributed by atoms with Gasteiger partial charge in [-0.3, -0.25) is 0 Å². The number of hydrogen-bond acceptors (Lipinski definition) is 6. The number of nitrogens with zero attached hydrogens (tertiary/aromatic N) is 6. The highest BCUT2D eigenvalue weighted by Crippen LogP contribution is 2.27. The number of halogens is 2. The van der Waals surface area contributed by atoms with Crippen LogP contribution in [0.3, 0.4) is 0 Å². The second-order valence-corrected chi connectivity index (χ2v) is 6.55. The fourth-order valence-corrected chi connectivity index (χ4v) is 3.28. The maximum atomic E-state index is 13.8. The lowest BCUT2D eigenvalue weighted by Gasteiger charge is -2.34. The SMILES string of the molecule is N#Cc1ccc2c(c1)nc(N1CC[C@@H](F)[C@H](N)C1)n2Cc1ncc(F)cn1. The molecule has 1 aliphatic rings. The normalized spacial score (nSPS) is 20.0. The Morgan fingerprint density at radius 3 is 2.78 bits per heavy atom. The van der Waals surface area contributed by atoms with Crippen molar-refractivity contribution < 1.29 is 8.78 Å². The summed E-state index contributed by atoms with van der Waals surface area (Å²) in [4.78, 5) is 14.6. The predicted molar refractivity (Wildman–Crippen MR) is 95.2 cm³/mol.